The van der Waals surface area contributed by atoms with Gasteiger partial charge < -0.3 is 15.0 Å². The van der Waals surface area contributed by atoms with E-state index in [1.807, 2.05) is 38.3 Å². The highest BCUT2D eigenvalue weighted by atomic mass is 32.2. The van der Waals surface area contributed by atoms with E-state index in [-0.39, 0.29) is 18.6 Å². The zero-order valence-corrected chi connectivity index (χ0v) is 19.8. The molecule has 1 N–H and O–H groups in total. The van der Waals surface area contributed by atoms with Crippen LogP contribution in [0.15, 0.2) is 23.7 Å². The monoisotopic (exact) mass is 468 g/mol. The number of pyridine rings is 1. The summed E-state index contributed by atoms with van der Waals surface area (Å²) in [4.78, 5) is 22.7. The smallest absolute Gasteiger partial charge is 0.410 e. The predicted octanol–water partition coefficient (Wildman–Crippen LogP) is 3.87. The van der Waals surface area contributed by atoms with E-state index in [9.17, 15) is 13.2 Å². The van der Waals surface area contributed by atoms with Gasteiger partial charge in [0.05, 0.1) is 11.9 Å². The minimum atomic E-state index is -3.58. The molecule has 0 saturated carbocycles. The number of rotatable bonds is 6. The lowest BCUT2D eigenvalue weighted by molar-refractivity contribution is 0.0205. The molecule has 0 radical (unpaired) electrons. The number of amides is 1. The third-order valence-corrected chi connectivity index (χ3v) is 5.84. The first kappa shape index (κ1) is 23.4. The largest absolute Gasteiger partial charge is 0.444 e. The van der Waals surface area contributed by atoms with Gasteiger partial charge in [0.2, 0.25) is 0 Å². The normalized spacial score (nSPS) is 15.7. The summed E-state index contributed by atoms with van der Waals surface area (Å²) in [7, 11) is -3.58. The van der Waals surface area contributed by atoms with Crippen LogP contribution in [0.25, 0.3) is 0 Å². The number of hydrogen-bond acceptors (Lipinski definition) is 9. The van der Waals surface area contributed by atoms with Crippen molar-refractivity contribution in [2.45, 2.75) is 51.7 Å². The number of nitrogens with zero attached hydrogens (tertiary/aromatic N) is 3. The lowest BCUT2D eigenvalue weighted by atomic mass is 9.89. The Balaban J connectivity index is 1.74. The Kier molecular flexibility index (Phi) is 7.17. The number of anilines is 2. The van der Waals surface area contributed by atoms with Crippen LogP contribution >= 0.6 is 11.3 Å². The number of aromatic nitrogens is 2. The molecule has 1 fully saturated rings. The van der Waals surface area contributed by atoms with Crippen LogP contribution in [0.2, 0.25) is 0 Å². The fourth-order valence-corrected chi connectivity index (χ4v) is 4.14. The Bertz CT molecular complexity index is 995. The van der Waals surface area contributed by atoms with Gasteiger partial charge in [-0.25, -0.2) is 14.8 Å². The van der Waals surface area contributed by atoms with Crippen molar-refractivity contribution >= 4 is 38.5 Å². The first-order valence-electron chi connectivity index (χ1n) is 9.98. The second-order valence-electron chi connectivity index (χ2n) is 8.45. The summed E-state index contributed by atoms with van der Waals surface area (Å²) in [5.41, 5.74) is 1.01. The van der Waals surface area contributed by atoms with E-state index < -0.39 is 15.7 Å². The summed E-state index contributed by atoms with van der Waals surface area (Å²) in [5, 5.41) is 5.71. The van der Waals surface area contributed by atoms with Crippen molar-refractivity contribution in [3.8, 4) is 0 Å². The number of nitrogens with one attached hydrogen (secondary N) is 1. The molecular formula is C20H28N4O5S2. The van der Waals surface area contributed by atoms with Crippen LogP contribution in [-0.4, -0.2) is 54.3 Å². The molecule has 170 valence electrons. The third kappa shape index (κ3) is 7.44. The Morgan fingerprint density at radius 3 is 2.58 bits per heavy atom. The quantitative estimate of drug-likeness (QED) is 0.636. The molecule has 31 heavy (non-hydrogen) atoms. The lowest BCUT2D eigenvalue weighted by Crippen LogP contribution is -2.41. The minimum Gasteiger partial charge on any atom is -0.444 e. The molecule has 0 aliphatic carbocycles. The molecule has 0 atom stereocenters. The highest BCUT2D eigenvalue weighted by Gasteiger charge is 2.28. The van der Waals surface area contributed by atoms with Gasteiger partial charge in [0, 0.05) is 24.7 Å². The maximum atomic E-state index is 12.3. The van der Waals surface area contributed by atoms with Crippen molar-refractivity contribution in [2.75, 3.05) is 24.7 Å². The molecule has 2 aromatic rings. The van der Waals surface area contributed by atoms with Gasteiger partial charge in [-0.2, -0.15) is 8.42 Å². The van der Waals surface area contributed by atoms with Crippen LogP contribution in [0.4, 0.5) is 15.7 Å². The zero-order valence-electron chi connectivity index (χ0n) is 18.1. The first-order chi connectivity index (χ1) is 14.5. The summed E-state index contributed by atoms with van der Waals surface area (Å²) in [6.07, 6.45) is 3.95. The second-order valence-corrected chi connectivity index (χ2v) is 11.0. The second kappa shape index (κ2) is 9.49. The van der Waals surface area contributed by atoms with Crippen molar-refractivity contribution in [3.63, 3.8) is 0 Å². The third-order valence-electron chi connectivity index (χ3n) is 4.61. The summed E-state index contributed by atoms with van der Waals surface area (Å²) >= 11 is 1.44. The SMILES string of the molecule is CC(C)(C)OC(=O)N1CCC(c2cc(COS(C)(=O)=O)nc(Nc3nccs3)c2)CC1. The summed E-state index contributed by atoms with van der Waals surface area (Å²) in [6, 6.07) is 3.81. The Morgan fingerprint density at radius 1 is 1.29 bits per heavy atom. The summed E-state index contributed by atoms with van der Waals surface area (Å²) < 4.78 is 33.2. The van der Waals surface area contributed by atoms with E-state index >= 15 is 0 Å². The highest BCUT2D eigenvalue weighted by molar-refractivity contribution is 7.85. The molecule has 9 nitrogen and oxygen atoms in total. The van der Waals surface area contributed by atoms with Crippen molar-refractivity contribution in [2.24, 2.45) is 0 Å². The average Bonchev–Trinajstić information content (AvgIpc) is 3.17. The van der Waals surface area contributed by atoms with Crippen molar-refractivity contribution < 1.29 is 22.1 Å². The van der Waals surface area contributed by atoms with E-state index in [1.165, 1.54) is 11.3 Å². The Labute approximate surface area is 186 Å². The molecule has 0 aromatic carbocycles. The van der Waals surface area contributed by atoms with Gasteiger partial charge in [-0.05, 0) is 57.2 Å². The number of hydrogen-bond donors (Lipinski definition) is 1. The number of ether oxygens (including phenoxy) is 1. The fraction of sp³-hybridized carbons (Fsp3) is 0.550. The molecule has 11 heteroatoms. The van der Waals surface area contributed by atoms with Crippen LogP contribution < -0.4 is 5.32 Å². The number of carbonyl (C=O) groups is 1. The van der Waals surface area contributed by atoms with Gasteiger partial charge in [0.25, 0.3) is 10.1 Å². The van der Waals surface area contributed by atoms with Gasteiger partial charge in [-0.1, -0.05) is 0 Å². The Hall–Kier alpha value is -2.24. The molecule has 1 saturated heterocycles. The molecule has 1 aliphatic rings. The van der Waals surface area contributed by atoms with Crippen LogP contribution in [0.3, 0.4) is 0 Å². The maximum absolute atomic E-state index is 12.3. The summed E-state index contributed by atoms with van der Waals surface area (Å²) in [5.74, 6) is 0.782. The van der Waals surface area contributed by atoms with Gasteiger partial charge in [0.1, 0.15) is 18.0 Å². The molecule has 0 spiro atoms. The number of thiazole rings is 1. The van der Waals surface area contributed by atoms with E-state index in [1.54, 1.807) is 11.1 Å². The lowest BCUT2D eigenvalue weighted by Gasteiger charge is -2.33. The van der Waals surface area contributed by atoms with Gasteiger partial charge in [0.15, 0.2) is 5.13 Å². The average molecular weight is 469 g/mol. The van der Waals surface area contributed by atoms with E-state index in [0.717, 1.165) is 24.7 Å². The van der Waals surface area contributed by atoms with Crippen LogP contribution in [0.1, 0.15) is 50.8 Å². The van der Waals surface area contributed by atoms with Crippen molar-refractivity contribution in [3.05, 3.63) is 35.0 Å². The van der Waals surface area contributed by atoms with E-state index in [4.69, 9.17) is 8.92 Å². The van der Waals surface area contributed by atoms with Gasteiger partial charge in [-0.15, -0.1) is 11.3 Å². The van der Waals surface area contributed by atoms with Crippen LogP contribution in [0.5, 0.6) is 0 Å². The van der Waals surface area contributed by atoms with E-state index in [0.29, 0.717) is 29.7 Å². The Morgan fingerprint density at radius 2 is 2.00 bits per heavy atom. The first-order valence-corrected chi connectivity index (χ1v) is 12.7. The molecule has 3 heterocycles. The molecule has 1 amide bonds. The standard InChI is InChI=1S/C20H28N4O5S2/c1-20(2,3)29-19(25)24-8-5-14(6-9-24)15-11-16(13-28-31(4,26)27)22-17(12-15)23-18-21-7-10-30-18/h7,10-12,14H,5-6,8-9,13H2,1-4H3,(H,21,22,23). The van der Waals surface area contributed by atoms with Gasteiger partial charge in [-0.3, -0.25) is 4.18 Å². The summed E-state index contributed by atoms with van der Waals surface area (Å²) in [6.45, 7) is 6.59. The van der Waals surface area contributed by atoms with Crippen LogP contribution in [-0.2, 0) is 25.6 Å². The molecule has 3 rings (SSSR count). The molecule has 1 aliphatic heterocycles. The van der Waals surface area contributed by atoms with Crippen LogP contribution in [0, 0.1) is 0 Å². The zero-order chi connectivity index (χ0) is 22.6. The van der Waals surface area contributed by atoms with Crippen molar-refractivity contribution in [1.29, 1.82) is 0 Å². The maximum Gasteiger partial charge on any atom is 0.410 e. The molecule has 0 bridgehead atoms. The molecular weight excluding hydrogens is 440 g/mol. The fourth-order valence-electron chi connectivity index (χ4n) is 3.27. The number of likely N-dealkylation sites (tertiary alicyclic amines) is 1. The predicted molar refractivity (Wildman–Crippen MR) is 119 cm³/mol. The number of piperidine rings is 1. The highest BCUT2D eigenvalue weighted by Crippen LogP contribution is 2.31. The van der Waals surface area contributed by atoms with Gasteiger partial charge >= 0.3 is 6.09 Å². The topological polar surface area (TPSA) is 111 Å². The minimum absolute atomic E-state index is 0.143. The number of carbonyl (C=O) groups excluding carboxylic acids is 1. The molecule has 0 unspecified atom stereocenters. The van der Waals surface area contributed by atoms with E-state index in [2.05, 4.69) is 15.3 Å². The molecule has 2 aromatic heterocycles. The van der Waals surface area contributed by atoms with Crippen molar-refractivity contribution in [1.82, 2.24) is 14.9 Å².